The van der Waals surface area contributed by atoms with Crippen LogP contribution in [0.1, 0.15) is 34.4 Å². The van der Waals surface area contributed by atoms with Crippen molar-refractivity contribution in [1.82, 2.24) is 20.0 Å². The molecule has 30 heavy (non-hydrogen) atoms. The number of fused-ring (bicyclic) bond motifs is 3. The number of primary amides is 1. The van der Waals surface area contributed by atoms with Gasteiger partial charge in [-0.2, -0.15) is 24.1 Å². The fraction of sp³-hybridized carbons (Fsp3) is 0.200. The number of benzene rings is 1. The standard InChI is InChI=1S/C20H15F2N5O3/c1-19(29,16-3-2-8-24-25-16)7-6-12-4-5-15-14(9-12)27-17(20(21,22)11-30-15)10-13(26-27)18(23)28/h2-5,8-10,29H,11H2,1H3,(H2,23,28)/t19-/m1/s1. The van der Waals surface area contributed by atoms with Crippen LogP contribution in [0.25, 0.3) is 5.69 Å². The van der Waals surface area contributed by atoms with E-state index in [1.807, 2.05) is 0 Å². The molecule has 3 heterocycles. The van der Waals surface area contributed by atoms with E-state index in [0.29, 0.717) is 5.56 Å². The van der Waals surface area contributed by atoms with Gasteiger partial charge in [0.25, 0.3) is 5.91 Å². The molecule has 4 rings (SSSR count). The van der Waals surface area contributed by atoms with Crippen molar-refractivity contribution < 1.29 is 23.4 Å². The number of aliphatic hydroxyl groups is 1. The molecule has 1 atom stereocenters. The molecule has 1 aromatic carbocycles. The Kier molecular flexibility index (Phi) is 4.47. The molecule has 0 spiro atoms. The molecule has 0 radical (unpaired) electrons. The summed E-state index contributed by atoms with van der Waals surface area (Å²) in [7, 11) is 0. The van der Waals surface area contributed by atoms with Crippen molar-refractivity contribution >= 4 is 5.91 Å². The normalized spacial score (nSPS) is 16.0. The summed E-state index contributed by atoms with van der Waals surface area (Å²) in [6.45, 7) is 0.540. The van der Waals surface area contributed by atoms with E-state index in [-0.39, 0.29) is 22.8 Å². The van der Waals surface area contributed by atoms with Gasteiger partial charge in [0.05, 0.1) is 0 Å². The van der Waals surface area contributed by atoms with E-state index < -0.39 is 29.7 Å². The maximum Gasteiger partial charge on any atom is 0.323 e. The smallest absolute Gasteiger partial charge is 0.323 e. The highest BCUT2D eigenvalue weighted by Gasteiger charge is 2.41. The van der Waals surface area contributed by atoms with Gasteiger partial charge in [-0.1, -0.05) is 11.8 Å². The molecule has 0 bridgehead atoms. The van der Waals surface area contributed by atoms with E-state index in [1.165, 1.54) is 25.3 Å². The Balaban J connectivity index is 1.79. The molecule has 1 aliphatic heterocycles. The third-order valence-corrected chi connectivity index (χ3v) is 4.45. The fourth-order valence-electron chi connectivity index (χ4n) is 2.89. The van der Waals surface area contributed by atoms with Gasteiger partial charge in [0, 0.05) is 11.8 Å². The Bertz CT molecular complexity index is 1200. The quantitative estimate of drug-likeness (QED) is 0.618. The second kappa shape index (κ2) is 6.89. The minimum absolute atomic E-state index is 0.138. The fourth-order valence-corrected chi connectivity index (χ4v) is 2.89. The van der Waals surface area contributed by atoms with Crippen LogP contribution in [0.2, 0.25) is 0 Å². The van der Waals surface area contributed by atoms with Gasteiger partial charge in [-0.05, 0) is 43.3 Å². The zero-order chi connectivity index (χ0) is 21.5. The van der Waals surface area contributed by atoms with Gasteiger partial charge in [-0.25, -0.2) is 4.68 Å². The Morgan fingerprint density at radius 2 is 2.17 bits per heavy atom. The number of carbonyl (C=O) groups excluding carboxylic acids is 1. The van der Waals surface area contributed by atoms with Crippen LogP contribution in [0.3, 0.4) is 0 Å². The molecule has 0 aliphatic carbocycles. The van der Waals surface area contributed by atoms with E-state index in [0.717, 1.165) is 10.7 Å². The SMILES string of the molecule is C[C@@](O)(C#Cc1ccc2c(c1)-n1nc(C(N)=O)cc1C(F)(F)CO2)c1cccnn1. The van der Waals surface area contributed by atoms with Crippen molar-refractivity contribution in [3.05, 3.63) is 65.2 Å². The molecule has 2 aromatic heterocycles. The van der Waals surface area contributed by atoms with Gasteiger partial charge in [0.1, 0.15) is 22.8 Å². The lowest BCUT2D eigenvalue weighted by molar-refractivity contribution is -0.0487. The summed E-state index contributed by atoms with van der Waals surface area (Å²) >= 11 is 0. The summed E-state index contributed by atoms with van der Waals surface area (Å²) in [4.78, 5) is 11.5. The molecular weight excluding hydrogens is 396 g/mol. The molecule has 0 unspecified atom stereocenters. The van der Waals surface area contributed by atoms with Crippen molar-refractivity contribution in [3.63, 3.8) is 0 Å². The number of amides is 1. The van der Waals surface area contributed by atoms with Gasteiger partial charge < -0.3 is 15.6 Å². The van der Waals surface area contributed by atoms with E-state index >= 15 is 0 Å². The number of carbonyl (C=O) groups is 1. The average Bonchev–Trinajstić information content (AvgIpc) is 3.15. The van der Waals surface area contributed by atoms with Crippen molar-refractivity contribution in [2.24, 2.45) is 5.73 Å². The Morgan fingerprint density at radius 1 is 1.37 bits per heavy atom. The third-order valence-electron chi connectivity index (χ3n) is 4.45. The maximum absolute atomic E-state index is 14.5. The zero-order valence-corrected chi connectivity index (χ0v) is 15.6. The van der Waals surface area contributed by atoms with Gasteiger partial charge >= 0.3 is 5.92 Å². The maximum atomic E-state index is 14.5. The Labute approximate surface area is 169 Å². The zero-order valence-electron chi connectivity index (χ0n) is 15.6. The van der Waals surface area contributed by atoms with Gasteiger partial charge in [0.15, 0.2) is 17.9 Å². The number of ether oxygens (including phenoxy) is 1. The highest BCUT2D eigenvalue weighted by Crippen LogP contribution is 2.37. The number of hydrogen-bond donors (Lipinski definition) is 2. The van der Waals surface area contributed by atoms with Crippen molar-refractivity contribution in [2.45, 2.75) is 18.4 Å². The number of nitrogens with two attached hydrogens (primary N) is 1. The summed E-state index contributed by atoms with van der Waals surface area (Å²) in [6, 6.07) is 8.63. The van der Waals surface area contributed by atoms with Crippen LogP contribution in [-0.2, 0) is 11.5 Å². The van der Waals surface area contributed by atoms with Crippen LogP contribution in [0.15, 0.2) is 42.6 Å². The Hall–Kier alpha value is -3.84. The second-order valence-electron chi connectivity index (χ2n) is 6.80. The molecule has 3 N–H and O–H groups in total. The first-order chi connectivity index (χ1) is 14.2. The van der Waals surface area contributed by atoms with Crippen LogP contribution < -0.4 is 10.5 Å². The number of halogens is 2. The summed E-state index contributed by atoms with van der Waals surface area (Å²) in [5, 5.41) is 22.0. The average molecular weight is 411 g/mol. The molecular formula is C20H15F2N5O3. The van der Waals surface area contributed by atoms with Crippen LogP contribution in [-0.4, -0.2) is 37.6 Å². The van der Waals surface area contributed by atoms with E-state index in [9.17, 15) is 18.7 Å². The topological polar surface area (TPSA) is 116 Å². The predicted octanol–water partition coefficient (Wildman–Crippen LogP) is 1.50. The summed E-state index contributed by atoms with van der Waals surface area (Å²) in [5.74, 6) is 1.30. The van der Waals surface area contributed by atoms with Crippen LogP contribution in [0.4, 0.5) is 8.78 Å². The van der Waals surface area contributed by atoms with Gasteiger partial charge in [0.2, 0.25) is 0 Å². The largest absolute Gasteiger partial charge is 0.485 e. The van der Waals surface area contributed by atoms with Gasteiger partial charge in [-0.3, -0.25) is 4.79 Å². The lowest BCUT2D eigenvalue weighted by atomic mass is 10.0. The number of alkyl halides is 2. The van der Waals surface area contributed by atoms with Crippen LogP contribution in [0.5, 0.6) is 5.75 Å². The van der Waals surface area contributed by atoms with E-state index in [2.05, 4.69) is 27.1 Å². The number of nitrogens with zero attached hydrogens (tertiary/aromatic N) is 4. The minimum Gasteiger partial charge on any atom is -0.485 e. The number of rotatable bonds is 2. The molecule has 1 amide bonds. The lowest BCUT2D eigenvalue weighted by Gasteiger charge is -2.14. The summed E-state index contributed by atoms with van der Waals surface area (Å²) < 4.78 is 35.1. The Morgan fingerprint density at radius 3 is 2.87 bits per heavy atom. The first-order valence-electron chi connectivity index (χ1n) is 8.76. The molecule has 1 aliphatic rings. The molecule has 0 saturated heterocycles. The molecule has 0 saturated carbocycles. The molecule has 3 aromatic rings. The van der Waals surface area contributed by atoms with Gasteiger partial charge in [-0.15, -0.1) is 0 Å². The van der Waals surface area contributed by atoms with Crippen molar-refractivity contribution in [1.29, 1.82) is 0 Å². The lowest BCUT2D eigenvalue weighted by Crippen LogP contribution is -2.23. The third kappa shape index (κ3) is 3.46. The van der Waals surface area contributed by atoms with Crippen molar-refractivity contribution in [3.8, 4) is 23.3 Å². The molecule has 8 nitrogen and oxygen atoms in total. The summed E-state index contributed by atoms with van der Waals surface area (Å²) in [6.07, 6.45) is 1.47. The van der Waals surface area contributed by atoms with E-state index in [1.54, 1.807) is 18.2 Å². The molecule has 10 heteroatoms. The molecule has 0 fully saturated rings. The van der Waals surface area contributed by atoms with Crippen LogP contribution in [0, 0.1) is 11.8 Å². The first kappa shape index (κ1) is 19.5. The second-order valence-corrected chi connectivity index (χ2v) is 6.80. The highest BCUT2D eigenvalue weighted by molar-refractivity contribution is 5.91. The van der Waals surface area contributed by atoms with E-state index in [4.69, 9.17) is 10.5 Å². The first-order valence-corrected chi connectivity index (χ1v) is 8.76. The van der Waals surface area contributed by atoms with Crippen LogP contribution >= 0.6 is 0 Å². The minimum atomic E-state index is -3.39. The predicted molar refractivity (Wildman–Crippen MR) is 100.0 cm³/mol. The monoisotopic (exact) mass is 411 g/mol. The number of aromatic nitrogens is 4. The highest BCUT2D eigenvalue weighted by atomic mass is 19.3. The molecule has 152 valence electrons. The summed E-state index contributed by atoms with van der Waals surface area (Å²) in [5.41, 5.74) is 3.63. The van der Waals surface area contributed by atoms with Crippen molar-refractivity contribution in [2.75, 3.05) is 6.61 Å². The number of hydrogen-bond acceptors (Lipinski definition) is 6.